The SMILES string of the molecule is CN=C(NCCC(F)(F)F)NCC(C)Oc1ccc(C)cc1. The van der Waals surface area contributed by atoms with E-state index in [9.17, 15) is 13.2 Å². The van der Waals surface area contributed by atoms with Gasteiger partial charge in [0.25, 0.3) is 0 Å². The zero-order valence-corrected chi connectivity index (χ0v) is 13.0. The Hall–Kier alpha value is -1.92. The molecule has 1 aromatic carbocycles. The number of hydrogen-bond donors (Lipinski definition) is 2. The first-order valence-corrected chi connectivity index (χ1v) is 7.05. The minimum atomic E-state index is -4.17. The predicted octanol–water partition coefficient (Wildman–Crippen LogP) is 2.88. The molecule has 7 heteroatoms. The first-order valence-electron chi connectivity index (χ1n) is 7.05. The molecule has 0 heterocycles. The highest BCUT2D eigenvalue weighted by molar-refractivity contribution is 5.79. The van der Waals surface area contributed by atoms with Crippen molar-refractivity contribution in [2.75, 3.05) is 20.1 Å². The van der Waals surface area contributed by atoms with Gasteiger partial charge in [-0.2, -0.15) is 13.2 Å². The molecule has 0 saturated carbocycles. The van der Waals surface area contributed by atoms with Crippen LogP contribution in [-0.2, 0) is 0 Å². The number of halogens is 3. The van der Waals surface area contributed by atoms with Crippen LogP contribution in [0.4, 0.5) is 13.2 Å². The highest BCUT2D eigenvalue weighted by Crippen LogP contribution is 2.18. The molecule has 0 saturated heterocycles. The number of nitrogens with zero attached hydrogens (tertiary/aromatic N) is 1. The zero-order valence-electron chi connectivity index (χ0n) is 13.0. The fourth-order valence-electron chi connectivity index (χ4n) is 1.67. The zero-order chi connectivity index (χ0) is 16.6. The van der Waals surface area contributed by atoms with Gasteiger partial charge in [0.05, 0.1) is 13.0 Å². The second-order valence-corrected chi connectivity index (χ2v) is 4.99. The summed E-state index contributed by atoms with van der Waals surface area (Å²) in [7, 11) is 1.51. The summed E-state index contributed by atoms with van der Waals surface area (Å²) >= 11 is 0. The van der Waals surface area contributed by atoms with Gasteiger partial charge in [-0.05, 0) is 26.0 Å². The molecule has 0 aliphatic carbocycles. The molecule has 2 N–H and O–H groups in total. The van der Waals surface area contributed by atoms with Crippen molar-refractivity contribution >= 4 is 5.96 Å². The van der Waals surface area contributed by atoms with E-state index >= 15 is 0 Å². The molecule has 0 aliphatic heterocycles. The Morgan fingerprint density at radius 1 is 1.23 bits per heavy atom. The number of rotatable bonds is 6. The minimum Gasteiger partial charge on any atom is -0.489 e. The third-order valence-corrected chi connectivity index (χ3v) is 2.84. The summed E-state index contributed by atoms with van der Waals surface area (Å²) in [6.45, 7) is 4.08. The summed E-state index contributed by atoms with van der Waals surface area (Å²) in [5.74, 6) is 1.07. The van der Waals surface area contributed by atoms with Gasteiger partial charge in [0.15, 0.2) is 5.96 Å². The summed E-state index contributed by atoms with van der Waals surface area (Å²) in [4.78, 5) is 3.87. The Kier molecular flexibility index (Phi) is 7.01. The fraction of sp³-hybridized carbons (Fsp3) is 0.533. The summed E-state index contributed by atoms with van der Waals surface area (Å²) in [6.07, 6.45) is -5.22. The van der Waals surface area contributed by atoms with Crippen LogP contribution in [0.5, 0.6) is 5.75 Å². The number of ether oxygens (including phenoxy) is 1. The second kappa shape index (κ2) is 8.51. The van der Waals surface area contributed by atoms with Gasteiger partial charge in [-0.15, -0.1) is 0 Å². The molecular formula is C15H22F3N3O. The predicted molar refractivity (Wildman–Crippen MR) is 81.3 cm³/mol. The van der Waals surface area contributed by atoms with Gasteiger partial charge in [0.2, 0.25) is 0 Å². The van der Waals surface area contributed by atoms with Crippen LogP contribution in [0, 0.1) is 6.92 Å². The second-order valence-electron chi connectivity index (χ2n) is 4.99. The smallest absolute Gasteiger partial charge is 0.390 e. The number of hydrogen-bond acceptors (Lipinski definition) is 2. The van der Waals surface area contributed by atoms with E-state index in [-0.39, 0.29) is 12.6 Å². The Morgan fingerprint density at radius 2 is 1.86 bits per heavy atom. The van der Waals surface area contributed by atoms with E-state index in [2.05, 4.69) is 15.6 Å². The summed E-state index contributed by atoms with van der Waals surface area (Å²) in [6, 6.07) is 7.66. The molecule has 4 nitrogen and oxygen atoms in total. The van der Waals surface area contributed by atoms with Gasteiger partial charge in [-0.25, -0.2) is 0 Å². The summed E-state index contributed by atoms with van der Waals surface area (Å²) < 4.78 is 41.9. The molecule has 124 valence electrons. The fourth-order valence-corrected chi connectivity index (χ4v) is 1.67. The van der Waals surface area contributed by atoms with E-state index in [1.165, 1.54) is 7.05 Å². The molecule has 1 atom stereocenters. The third-order valence-electron chi connectivity index (χ3n) is 2.84. The molecule has 0 amide bonds. The summed E-state index contributed by atoms with van der Waals surface area (Å²) in [5.41, 5.74) is 1.15. The molecule has 0 aliphatic rings. The van der Waals surface area contributed by atoms with E-state index in [0.29, 0.717) is 12.5 Å². The van der Waals surface area contributed by atoms with Gasteiger partial charge in [0.1, 0.15) is 11.9 Å². The Balaban J connectivity index is 2.31. The average molecular weight is 317 g/mol. The number of alkyl halides is 3. The largest absolute Gasteiger partial charge is 0.489 e. The molecule has 1 rings (SSSR count). The highest BCUT2D eigenvalue weighted by Gasteiger charge is 2.26. The molecule has 1 unspecified atom stereocenters. The van der Waals surface area contributed by atoms with Crippen LogP contribution < -0.4 is 15.4 Å². The molecule has 0 radical (unpaired) electrons. The van der Waals surface area contributed by atoms with Crippen LogP contribution in [0.3, 0.4) is 0 Å². The van der Waals surface area contributed by atoms with Crippen LogP contribution in [0.15, 0.2) is 29.3 Å². The Morgan fingerprint density at radius 3 is 2.41 bits per heavy atom. The third kappa shape index (κ3) is 7.75. The quantitative estimate of drug-likeness (QED) is 0.626. The van der Waals surface area contributed by atoms with Crippen molar-refractivity contribution in [3.8, 4) is 5.75 Å². The molecule has 22 heavy (non-hydrogen) atoms. The standard InChI is InChI=1S/C15H22F3N3O/c1-11-4-6-13(7-5-11)22-12(2)10-21-14(19-3)20-9-8-15(16,17)18/h4-7,12H,8-10H2,1-3H3,(H2,19,20,21). The van der Waals surface area contributed by atoms with Crippen molar-refractivity contribution in [2.24, 2.45) is 4.99 Å². The van der Waals surface area contributed by atoms with Gasteiger partial charge in [-0.1, -0.05) is 17.7 Å². The summed E-state index contributed by atoms with van der Waals surface area (Å²) in [5, 5.41) is 5.55. The van der Waals surface area contributed by atoms with Crippen LogP contribution in [0.25, 0.3) is 0 Å². The lowest BCUT2D eigenvalue weighted by Gasteiger charge is -2.18. The molecular weight excluding hydrogens is 295 g/mol. The maximum absolute atomic E-state index is 12.1. The lowest BCUT2D eigenvalue weighted by atomic mass is 10.2. The van der Waals surface area contributed by atoms with Crippen LogP contribution in [-0.4, -0.2) is 38.4 Å². The molecule has 0 spiro atoms. The van der Waals surface area contributed by atoms with Crippen molar-refractivity contribution < 1.29 is 17.9 Å². The van der Waals surface area contributed by atoms with Crippen molar-refractivity contribution in [1.29, 1.82) is 0 Å². The van der Waals surface area contributed by atoms with Gasteiger partial charge in [0, 0.05) is 13.6 Å². The van der Waals surface area contributed by atoms with Gasteiger partial charge >= 0.3 is 6.18 Å². The van der Waals surface area contributed by atoms with E-state index in [0.717, 1.165) is 11.3 Å². The van der Waals surface area contributed by atoms with Crippen molar-refractivity contribution in [1.82, 2.24) is 10.6 Å². The van der Waals surface area contributed by atoms with Crippen molar-refractivity contribution in [3.63, 3.8) is 0 Å². The van der Waals surface area contributed by atoms with Crippen LogP contribution in [0.1, 0.15) is 18.9 Å². The lowest BCUT2D eigenvalue weighted by Crippen LogP contribution is -2.42. The lowest BCUT2D eigenvalue weighted by molar-refractivity contribution is -0.132. The molecule has 0 fully saturated rings. The van der Waals surface area contributed by atoms with E-state index in [1.807, 2.05) is 38.1 Å². The van der Waals surface area contributed by atoms with Crippen molar-refractivity contribution in [3.05, 3.63) is 29.8 Å². The number of guanidine groups is 1. The average Bonchev–Trinajstić information content (AvgIpc) is 2.44. The maximum atomic E-state index is 12.1. The van der Waals surface area contributed by atoms with Crippen LogP contribution in [0.2, 0.25) is 0 Å². The van der Waals surface area contributed by atoms with Gasteiger partial charge in [-0.3, -0.25) is 4.99 Å². The van der Waals surface area contributed by atoms with E-state index < -0.39 is 12.6 Å². The normalized spacial score (nSPS) is 13.6. The number of benzene rings is 1. The molecule has 0 bridgehead atoms. The van der Waals surface area contributed by atoms with Crippen molar-refractivity contribution in [2.45, 2.75) is 32.5 Å². The monoisotopic (exact) mass is 317 g/mol. The first kappa shape index (κ1) is 18.1. The Bertz CT molecular complexity index is 472. The number of nitrogens with one attached hydrogen (secondary N) is 2. The maximum Gasteiger partial charge on any atom is 0.390 e. The van der Waals surface area contributed by atoms with E-state index in [1.54, 1.807) is 0 Å². The number of aliphatic imine (C=N–C) groups is 1. The highest BCUT2D eigenvalue weighted by atomic mass is 19.4. The topological polar surface area (TPSA) is 45.7 Å². The first-order chi connectivity index (χ1) is 10.3. The Labute approximate surface area is 128 Å². The minimum absolute atomic E-state index is 0.149. The van der Waals surface area contributed by atoms with E-state index in [4.69, 9.17) is 4.74 Å². The molecule has 1 aromatic rings. The van der Waals surface area contributed by atoms with Gasteiger partial charge < -0.3 is 15.4 Å². The molecule has 0 aromatic heterocycles. The number of aryl methyl sites for hydroxylation is 1. The van der Waals surface area contributed by atoms with Crippen LogP contribution >= 0.6 is 0 Å².